The number of fused-ring (bicyclic) bond motifs is 1. The highest BCUT2D eigenvalue weighted by molar-refractivity contribution is 6.03. The van der Waals surface area contributed by atoms with E-state index in [1.165, 1.54) is 0 Å². The molecule has 160 valence electrons. The number of oxazole rings is 1. The summed E-state index contributed by atoms with van der Waals surface area (Å²) in [7, 11) is 4.24. The lowest BCUT2D eigenvalue weighted by Crippen LogP contribution is -2.31. The highest BCUT2D eigenvalue weighted by atomic mass is 16.3. The molecule has 0 unspecified atom stereocenters. The van der Waals surface area contributed by atoms with Gasteiger partial charge in [0.1, 0.15) is 17.3 Å². The van der Waals surface area contributed by atoms with Crippen LogP contribution in [0.3, 0.4) is 0 Å². The van der Waals surface area contributed by atoms with E-state index in [4.69, 9.17) is 9.40 Å². The second kappa shape index (κ2) is 8.06. The van der Waals surface area contributed by atoms with Crippen LogP contribution in [-0.4, -0.2) is 53.1 Å². The van der Waals surface area contributed by atoms with Crippen molar-refractivity contribution in [2.75, 3.05) is 32.1 Å². The summed E-state index contributed by atoms with van der Waals surface area (Å²) in [5.74, 6) is 0.374. The third-order valence-corrected chi connectivity index (χ3v) is 6.23. The highest BCUT2D eigenvalue weighted by Gasteiger charge is 2.32. The summed E-state index contributed by atoms with van der Waals surface area (Å²) in [4.78, 5) is 17.8. The van der Waals surface area contributed by atoms with E-state index in [1.807, 2.05) is 25.1 Å². The number of anilines is 1. The molecule has 0 aliphatic carbocycles. The molecule has 2 aromatic carbocycles. The molecule has 7 heteroatoms. The summed E-state index contributed by atoms with van der Waals surface area (Å²) in [6.07, 6.45) is 5.91. The lowest BCUT2D eigenvalue weighted by Gasteiger charge is -2.25. The molecule has 0 N–H and O–H groups in total. The van der Waals surface area contributed by atoms with Gasteiger partial charge in [0, 0.05) is 37.1 Å². The molecule has 0 amide bonds. The van der Waals surface area contributed by atoms with E-state index in [9.17, 15) is 5.26 Å². The fraction of sp³-hybridized carbons (Fsp3) is 0.280. The molecule has 7 nitrogen and oxygen atoms in total. The topological polar surface area (TPSA) is 82.1 Å². The molecule has 1 aliphatic rings. The van der Waals surface area contributed by atoms with Crippen molar-refractivity contribution in [3.8, 4) is 28.8 Å². The summed E-state index contributed by atoms with van der Waals surface area (Å²) >= 11 is 0. The summed E-state index contributed by atoms with van der Waals surface area (Å²) in [5.41, 5.74) is 6.28. The molecule has 3 heterocycles. The first kappa shape index (κ1) is 20.2. The number of hydrogen-bond donors (Lipinski definition) is 0. The molecule has 1 fully saturated rings. The van der Waals surface area contributed by atoms with E-state index in [0.29, 0.717) is 34.3 Å². The van der Waals surface area contributed by atoms with Crippen LogP contribution >= 0.6 is 0 Å². The molecule has 0 bridgehead atoms. The Morgan fingerprint density at radius 3 is 2.66 bits per heavy atom. The van der Waals surface area contributed by atoms with Gasteiger partial charge in [-0.05, 0) is 38.6 Å². The van der Waals surface area contributed by atoms with E-state index in [-0.39, 0.29) is 0 Å². The Labute approximate surface area is 187 Å². The Balaban J connectivity index is 1.81. The third-order valence-electron chi connectivity index (χ3n) is 6.23. The fourth-order valence-corrected chi connectivity index (χ4v) is 4.53. The van der Waals surface area contributed by atoms with E-state index in [0.717, 1.165) is 41.9 Å². The quantitative estimate of drug-likeness (QED) is 0.484. The van der Waals surface area contributed by atoms with Gasteiger partial charge in [0.2, 0.25) is 5.89 Å². The smallest absolute Gasteiger partial charge is 0.247 e. The second-order valence-corrected chi connectivity index (χ2v) is 8.34. The first-order valence-corrected chi connectivity index (χ1v) is 10.7. The molecule has 0 radical (unpaired) electrons. The van der Waals surface area contributed by atoms with Gasteiger partial charge in [0.25, 0.3) is 0 Å². The van der Waals surface area contributed by atoms with Crippen LogP contribution in [0.1, 0.15) is 17.5 Å². The summed E-state index contributed by atoms with van der Waals surface area (Å²) < 4.78 is 6.33. The third kappa shape index (κ3) is 3.29. The van der Waals surface area contributed by atoms with Crippen molar-refractivity contribution in [1.29, 1.82) is 5.26 Å². The van der Waals surface area contributed by atoms with Crippen LogP contribution < -0.4 is 4.90 Å². The Hall–Kier alpha value is -3.76. The van der Waals surface area contributed by atoms with Crippen molar-refractivity contribution in [3.63, 3.8) is 0 Å². The first-order chi connectivity index (χ1) is 15.6. The van der Waals surface area contributed by atoms with Crippen LogP contribution in [0, 0.1) is 18.3 Å². The van der Waals surface area contributed by atoms with Gasteiger partial charge in [-0.3, -0.25) is 4.98 Å². The Morgan fingerprint density at radius 2 is 2.00 bits per heavy atom. The van der Waals surface area contributed by atoms with Gasteiger partial charge in [-0.1, -0.05) is 30.3 Å². The molecule has 1 atom stereocenters. The standard InChI is InChI=1S/C25H24N6O/c1-16-19(13-26)22-24(32-25(29-22)20-14-27-10-11-28-20)23(21(16)17-7-5-4-6-8-17)31-12-9-18(15-31)30(2)3/h4-8,10-11,14,18H,9,12,15H2,1-3H3/t18-/m0/s1. The first-order valence-electron chi connectivity index (χ1n) is 10.7. The number of hydrogen-bond acceptors (Lipinski definition) is 7. The molecular formula is C25H24N6O. The van der Waals surface area contributed by atoms with Crippen molar-refractivity contribution >= 4 is 16.8 Å². The summed E-state index contributed by atoms with van der Waals surface area (Å²) in [5, 5.41) is 10.1. The predicted octanol–water partition coefficient (Wildman–Crippen LogP) is 4.27. The Morgan fingerprint density at radius 1 is 1.19 bits per heavy atom. The molecule has 1 saturated heterocycles. The van der Waals surface area contributed by atoms with E-state index < -0.39 is 0 Å². The Bertz CT molecular complexity index is 1310. The van der Waals surface area contributed by atoms with Crippen LogP contribution in [-0.2, 0) is 0 Å². The number of likely N-dealkylation sites (N-methyl/N-ethyl adjacent to an activating group) is 1. The second-order valence-electron chi connectivity index (χ2n) is 8.34. The molecule has 4 aromatic rings. The molecule has 0 saturated carbocycles. The van der Waals surface area contributed by atoms with Crippen LogP contribution in [0.2, 0.25) is 0 Å². The van der Waals surface area contributed by atoms with E-state index in [2.05, 4.69) is 52.1 Å². The Kier molecular flexibility index (Phi) is 5.08. The number of nitrogens with zero attached hydrogens (tertiary/aromatic N) is 6. The maximum atomic E-state index is 10.1. The average molecular weight is 425 g/mol. The van der Waals surface area contributed by atoms with Gasteiger partial charge in [-0.2, -0.15) is 5.26 Å². The van der Waals surface area contributed by atoms with Gasteiger partial charge in [-0.25, -0.2) is 9.97 Å². The molecule has 2 aromatic heterocycles. The molecular weight excluding hydrogens is 400 g/mol. The van der Waals surface area contributed by atoms with Crippen molar-refractivity contribution in [2.24, 2.45) is 0 Å². The predicted molar refractivity (Wildman–Crippen MR) is 124 cm³/mol. The van der Waals surface area contributed by atoms with Crippen molar-refractivity contribution in [3.05, 3.63) is 60.0 Å². The zero-order valence-electron chi connectivity index (χ0n) is 18.4. The maximum absolute atomic E-state index is 10.1. The van der Waals surface area contributed by atoms with Crippen LogP contribution in [0.15, 0.2) is 53.3 Å². The van der Waals surface area contributed by atoms with Gasteiger partial charge in [0.15, 0.2) is 5.58 Å². The zero-order valence-corrected chi connectivity index (χ0v) is 18.4. The van der Waals surface area contributed by atoms with Crippen LogP contribution in [0.5, 0.6) is 0 Å². The maximum Gasteiger partial charge on any atom is 0.247 e. The minimum atomic E-state index is 0.374. The number of benzene rings is 2. The summed E-state index contributed by atoms with van der Waals surface area (Å²) in [6, 6.07) is 13.0. The molecule has 1 aliphatic heterocycles. The van der Waals surface area contributed by atoms with Crippen LogP contribution in [0.4, 0.5) is 5.69 Å². The average Bonchev–Trinajstić information content (AvgIpc) is 3.48. The molecule has 5 rings (SSSR count). The van der Waals surface area contributed by atoms with E-state index in [1.54, 1.807) is 18.6 Å². The van der Waals surface area contributed by atoms with Gasteiger partial charge >= 0.3 is 0 Å². The van der Waals surface area contributed by atoms with E-state index >= 15 is 0 Å². The SMILES string of the molecule is Cc1c(-c2ccccc2)c(N2CC[C@H](N(C)C)C2)c2oc(-c3cnccn3)nc2c1C#N. The van der Waals surface area contributed by atoms with Crippen LogP contribution in [0.25, 0.3) is 33.8 Å². The fourth-order valence-electron chi connectivity index (χ4n) is 4.53. The van der Waals surface area contributed by atoms with Crippen molar-refractivity contribution in [2.45, 2.75) is 19.4 Å². The van der Waals surface area contributed by atoms with Crippen molar-refractivity contribution in [1.82, 2.24) is 19.9 Å². The molecule has 32 heavy (non-hydrogen) atoms. The van der Waals surface area contributed by atoms with Gasteiger partial charge < -0.3 is 14.2 Å². The van der Waals surface area contributed by atoms with Crippen molar-refractivity contribution < 1.29 is 4.42 Å². The number of nitriles is 1. The molecule has 0 spiro atoms. The monoisotopic (exact) mass is 424 g/mol. The largest absolute Gasteiger partial charge is 0.432 e. The summed E-state index contributed by atoms with van der Waals surface area (Å²) in [6.45, 7) is 3.79. The van der Waals surface area contributed by atoms with Gasteiger partial charge in [-0.15, -0.1) is 0 Å². The highest BCUT2D eigenvalue weighted by Crippen LogP contribution is 2.44. The minimum absolute atomic E-state index is 0.374. The minimum Gasteiger partial charge on any atom is -0.432 e. The normalized spacial score (nSPS) is 16.1. The number of aromatic nitrogens is 3. The number of rotatable bonds is 4. The lowest BCUT2D eigenvalue weighted by atomic mass is 9.93. The van der Waals surface area contributed by atoms with Gasteiger partial charge in [0.05, 0.1) is 17.4 Å². The lowest BCUT2D eigenvalue weighted by molar-refractivity contribution is 0.315. The zero-order chi connectivity index (χ0) is 22.2.